The number of hydrogen-bond donors (Lipinski definition) is 3. The predicted molar refractivity (Wildman–Crippen MR) is 129 cm³/mol. The van der Waals surface area contributed by atoms with Gasteiger partial charge in [0.15, 0.2) is 0 Å². The van der Waals surface area contributed by atoms with Gasteiger partial charge in [0.1, 0.15) is 12.4 Å². The molecule has 6 nitrogen and oxygen atoms in total. The monoisotopic (exact) mass is 458 g/mol. The van der Waals surface area contributed by atoms with Crippen molar-refractivity contribution < 1.29 is 19.5 Å². The first-order valence-electron chi connectivity index (χ1n) is 10.3. The Morgan fingerprint density at radius 1 is 0.939 bits per heavy atom. The minimum Gasteiger partial charge on any atom is -0.488 e. The van der Waals surface area contributed by atoms with Gasteiger partial charge >= 0.3 is 0 Å². The van der Waals surface area contributed by atoms with Crippen molar-refractivity contribution in [2.75, 3.05) is 6.61 Å². The van der Waals surface area contributed by atoms with Crippen molar-refractivity contribution in [1.29, 1.82) is 0 Å². The first-order chi connectivity index (χ1) is 16.1. The molecule has 166 valence electrons. The van der Waals surface area contributed by atoms with E-state index in [0.717, 1.165) is 21.2 Å². The van der Waals surface area contributed by atoms with E-state index in [1.54, 1.807) is 47.2 Å². The van der Waals surface area contributed by atoms with E-state index in [1.807, 2.05) is 60.0 Å². The number of rotatable bonds is 8. The van der Waals surface area contributed by atoms with Crippen LogP contribution in [0.5, 0.6) is 5.75 Å². The Balaban J connectivity index is 1.56. The molecule has 1 heterocycles. The minimum absolute atomic E-state index is 0.0726. The van der Waals surface area contributed by atoms with Crippen molar-refractivity contribution in [3.63, 3.8) is 0 Å². The normalized spacial score (nSPS) is 11.2. The van der Waals surface area contributed by atoms with Crippen LogP contribution in [0.3, 0.4) is 0 Å². The topological polar surface area (TPSA) is 87.7 Å². The fourth-order valence-electron chi connectivity index (χ4n) is 3.34. The molecular weight excluding hydrogens is 436 g/mol. The lowest BCUT2D eigenvalue weighted by molar-refractivity contribution is -0.117. The molecule has 0 saturated carbocycles. The molecule has 0 saturated heterocycles. The highest BCUT2D eigenvalue weighted by atomic mass is 32.1. The van der Waals surface area contributed by atoms with Gasteiger partial charge in [-0.05, 0) is 46.7 Å². The number of hydrogen-bond acceptors (Lipinski definition) is 5. The molecule has 0 radical (unpaired) electrons. The molecule has 0 fully saturated rings. The number of nitrogens with one attached hydrogen (secondary N) is 2. The zero-order valence-electron chi connectivity index (χ0n) is 17.7. The second-order valence-corrected chi connectivity index (χ2v) is 8.29. The highest BCUT2D eigenvalue weighted by molar-refractivity contribution is 7.09. The lowest BCUT2D eigenvalue weighted by atomic mass is 10.1. The van der Waals surface area contributed by atoms with Crippen molar-refractivity contribution in [3.8, 4) is 5.75 Å². The van der Waals surface area contributed by atoms with Gasteiger partial charge in [-0.1, -0.05) is 54.6 Å². The van der Waals surface area contributed by atoms with E-state index >= 15 is 0 Å². The lowest BCUT2D eigenvalue weighted by Crippen LogP contribution is -2.26. The van der Waals surface area contributed by atoms with E-state index in [-0.39, 0.29) is 12.5 Å². The summed E-state index contributed by atoms with van der Waals surface area (Å²) in [6.45, 7) is 0.501. The van der Waals surface area contributed by atoms with Crippen LogP contribution in [0.1, 0.15) is 20.8 Å². The van der Waals surface area contributed by atoms with Gasteiger partial charge < -0.3 is 10.1 Å². The third-order valence-electron chi connectivity index (χ3n) is 5.04. The Hall–Kier alpha value is -3.94. The minimum atomic E-state index is -0.598. The number of fused-ring (bicyclic) bond motifs is 1. The fourth-order valence-corrected chi connectivity index (χ4v) is 3.98. The second-order valence-electron chi connectivity index (χ2n) is 7.26. The highest BCUT2D eigenvalue weighted by Crippen LogP contribution is 2.25. The van der Waals surface area contributed by atoms with E-state index in [2.05, 4.69) is 5.32 Å². The summed E-state index contributed by atoms with van der Waals surface area (Å²) < 4.78 is 6.07. The van der Waals surface area contributed by atoms with Crippen LogP contribution in [0.25, 0.3) is 16.8 Å². The Morgan fingerprint density at radius 3 is 2.48 bits per heavy atom. The summed E-state index contributed by atoms with van der Waals surface area (Å²) in [5, 5.41) is 15.7. The molecule has 0 aliphatic heterocycles. The summed E-state index contributed by atoms with van der Waals surface area (Å²) in [7, 11) is 0. The number of hydroxylamine groups is 1. The van der Waals surface area contributed by atoms with Gasteiger partial charge in [0.05, 0.1) is 12.1 Å². The van der Waals surface area contributed by atoms with Crippen LogP contribution in [0.15, 0.2) is 89.8 Å². The molecular formula is C26H22N2O4S. The van der Waals surface area contributed by atoms with Crippen molar-refractivity contribution in [1.82, 2.24) is 10.8 Å². The maximum atomic E-state index is 13.0. The van der Waals surface area contributed by atoms with Crippen molar-refractivity contribution in [3.05, 3.63) is 106 Å². The maximum absolute atomic E-state index is 13.0. The second kappa shape index (κ2) is 10.6. The Bertz CT molecular complexity index is 1280. The molecule has 3 N–H and O–H groups in total. The highest BCUT2D eigenvalue weighted by Gasteiger charge is 2.13. The third-order valence-corrected chi connectivity index (χ3v) is 5.92. The van der Waals surface area contributed by atoms with Gasteiger partial charge in [0, 0.05) is 15.8 Å². The first-order valence-corrected chi connectivity index (χ1v) is 11.2. The summed E-state index contributed by atoms with van der Waals surface area (Å²) >= 11 is 1.57. The van der Waals surface area contributed by atoms with E-state index < -0.39 is 5.91 Å². The van der Waals surface area contributed by atoms with Gasteiger partial charge in [0.2, 0.25) is 0 Å². The molecule has 7 heteroatoms. The molecule has 33 heavy (non-hydrogen) atoms. The van der Waals surface area contributed by atoms with Gasteiger partial charge in [0.25, 0.3) is 11.8 Å². The Labute approximate surface area is 195 Å². The molecule has 0 bridgehead atoms. The smallest absolute Gasteiger partial charge is 0.274 e. The van der Waals surface area contributed by atoms with Crippen LogP contribution in [-0.2, 0) is 11.3 Å². The average Bonchev–Trinajstić information content (AvgIpc) is 3.38. The molecule has 0 unspecified atom stereocenters. The standard InChI is InChI=1S/C26H22N2O4S/c29-25(27-16-22-7-4-14-33-22)21(15-18-10-12-20(13-11-18)26(30)28-31)17-32-24-9-3-6-19-5-1-2-8-23(19)24/h1-15,31H,16-17H2,(H,27,29)(H,28,30)/b21-15+. The predicted octanol–water partition coefficient (Wildman–Crippen LogP) is 4.80. The van der Waals surface area contributed by atoms with Gasteiger partial charge in [-0.15, -0.1) is 11.3 Å². The Kier molecular flexibility index (Phi) is 7.14. The number of ether oxygens (including phenoxy) is 1. The molecule has 0 atom stereocenters. The third kappa shape index (κ3) is 5.65. The van der Waals surface area contributed by atoms with Crippen LogP contribution in [0, 0.1) is 0 Å². The van der Waals surface area contributed by atoms with Crippen molar-refractivity contribution in [2.24, 2.45) is 0 Å². The molecule has 4 rings (SSSR count). The zero-order chi connectivity index (χ0) is 23.0. The van der Waals surface area contributed by atoms with E-state index in [9.17, 15) is 9.59 Å². The lowest BCUT2D eigenvalue weighted by Gasteiger charge is -2.13. The summed E-state index contributed by atoms with van der Waals surface area (Å²) in [5.74, 6) is -0.139. The molecule has 3 aromatic carbocycles. The van der Waals surface area contributed by atoms with Gasteiger partial charge in [-0.25, -0.2) is 5.48 Å². The number of amides is 2. The average molecular weight is 459 g/mol. The molecule has 2 amide bonds. The van der Waals surface area contributed by atoms with E-state index in [1.165, 1.54) is 0 Å². The fraction of sp³-hybridized carbons (Fsp3) is 0.0769. The quantitative estimate of drug-likeness (QED) is 0.201. The Morgan fingerprint density at radius 2 is 1.73 bits per heavy atom. The summed E-state index contributed by atoms with van der Waals surface area (Å²) in [5.41, 5.74) is 3.09. The van der Waals surface area contributed by atoms with Crippen LogP contribution < -0.4 is 15.5 Å². The van der Waals surface area contributed by atoms with Crippen molar-refractivity contribution in [2.45, 2.75) is 6.54 Å². The number of carbonyl (C=O) groups is 2. The summed E-state index contributed by atoms with van der Waals surface area (Å²) in [6, 6.07) is 24.2. The number of carbonyl (C=O) groups excluding carboxylic acids is 2. The largest absolute Gasteiger partial charge is 0.488 e. The molecule has 0 aliphatic carbocycles. The molecule has 1 aromatic heterocycles. The van der Waals surface area contributed by atoms with Gasteiger partial charge in [-0.2, -0.15) is 0 Å². The van der Waals surface area contributed by atoms with Crippen LogP contribution in [-0.4, -0.2) is 23.6 Å². The van der Waals surface area contributed by atoms with Gasteiger partial charge in [-0.3, -0.25) is 14.8 Å². The van der Waals surface area contributed by atoms with Crippen LogP contribution in [0.2, 0.25) is 0 Å². The van der Waals surface area contributed by atoms with Crippen LogP contribution in [0.4, 0.5) is 0 Å². The number of thiophene rings is 1. The zero-order valence-corrected chi connectivity index (χ0v) is 18.5. The van der Waals surface area contributed by atoms with Crippen LogP contribution >= 0.6 is 11.3 Å². The molecule has 0 spiro atoms. The maximum Gasteiger partial charge on any atom is 0.274 e. The summed E-state index contributed by atoms with van der Waals surface area (Å²) in [4.78, 5) is 25.6. The van der Waals surface area contributed by atoms with Crippen molar-refractivity contribution >= 4 is 40.0 Å². The molecule has 0 aliphatic rings. The SMILES string of the molecule is O=C(NCc1cccs1)/C(=C/c1ccc(C(=O)NO)cc1)COc1cccc2ccccc12. The number of benzene rings is 3. The van der Waals surface area contributed by atoms with E-state index in [0.29, 0.717) is 23.4 Å². The summed E-state index contributed by atoms with van der Waals surface area (Å²) in [6.07, 6.45) is 1.73. The van der Waals surface area contributed by atoms with E-state index in [4.69, 9.17) is 9.94 Å². The first kappa shape index (κ1) is 22.3. The molecule has 4 aromatic rings.